The van der Waals surface area contributed by atoms with Gasteiger partial charge in [0, 0.05) is 17.1 Å². The molecule has 1 N–H and O–H groups in total. The molecule has 1 aliphatic heterocycles. The molecule has 31 heavy (non-hydrogen) atoms. The topological polar surface area (TPSA) is 71.4 Å². The lowest BCUT2D eigenvalue weighted by Crippen LogP contribution is -2.54. The largest absolute Gasteiger partial charge is 0.335 e. The number of anilines is 1. The molecule has 3 aromatic rings. The number of hydrogen-bond donors (Lipinski definition) is 1. The van der Waals surface area contributed by atoms with Crippen LogP contribution < -0.4 is 10.2 Å². The van der Waals surface area contributed by atoms with Crippen molar-refractivity contribution in [3.05, 3.63) is 88.8 Å². The molecule has 1 saturated heterocycles. The van der Waals surface area contributed by atoms with Crippen LogP contribution in [0.1, 0.15) is 17.0 Å². The van der Waals surface area contributed by atoms with Gasteiger partial charge in [-0.2, -0.15) is 0 Å². The van der Waals surface area contributed by atoms with Gasteiger partial charge >= 0.3 is 6.03 Å². The van der Waals surface area contributed by atoms with Crippen LogP contribution in [0, 0.1) is 25.5 Å². The van der Waals surface area contributed by atoms with E-state index in [2.05, 4.69) is 5.32 Å². The highest BCUT2D eigenvalue weighted by atomic mass is 19.1. The summed E-state index contributed by atoms with van der Waals surface area (Å²) in [6.45, 7) is 3.65. The molecule has 0 saturated carbocycles. The number of urea groups is 1. The van der Waals surface area contributed by atoms with Crippen LogP contribution in [-0.2, 0) is 9.59 Å². The Morgan fingerprint density at radius 1 is 0.839 bits per heavy atom. The number of carbonyl (C=O) groups excluding carboxylic acids is 3. The summed E-state index contributed by atoms with van der Waals surface area (Å²) in [4.78, 5) is 38.4. The molecule has 0 atom stereocenters. The van der Waals surface area contributed by atoms with Gasteiger partial charge in [0.2, 0.25) is 0 Å². The molecule has 8 heteroatoms. The number of hydrogen-bond acceptors (Lipinski definition) is 3. The predicted octanol–water partition coefficient (Wildman–Crippen LogP) is 4.04. The van der Waals surface area contributed by atoms with Crippen molar-refractivity contribution >= 4 is 29.6 Å². The van der Waals surface area contributed by atoms with E-state index in [-0.39, 0.29) is 17.1 Å². The maximum atomic E-state index is 13.3. The Morgan fingerprint density at radius 2 is 1.39 bits per heavy atom. The number of imide groups is 2. The third kappa shape index (κ3) is 3.63. The smallest absolute Gasteiger partial charge is 0.318 e. The Balaban J connectivity index is 1.75. The van der Waals surface area contributed by atoms with Crippen LogP contribution in [0.5, 0.6) is 0 Å². The van der Waals surface area contributed by atoms with E-state index >= 15 is 0 Å². The minimum absolute atomic E-state index is 0.138. The molecule has 0 unspecified atom stereocenters. The summed E-state index contributed by atoms with van der Waals surface area (Å²) in [7, 11) is 0. The third-order valence-electron chi connectivity index (χ3n) is 5.04. The number of carbonyl (C=O) groups is 3. The summed E-state index contributed by atoms with van der Waals surface area (Å²) in [5, 5.41) is 2.14. The third-order valence-corrected chi connectivity index (χ3v) is 5.04. The summed E-state index contributed by atoms with van der Waals surface area (Å²) in [5.41, 5.74) is 2.76. The Bertz CT molecular complexity index is 1240. The minimum Gasteiger partial charge on any atom is -0.318 e. The molecule has 6 nitrogen and oxygen atoms in total. The number of aryl methyl sites for hydroxylation is 1. The summed E-state index contributed by atoms with van der Waals surface area (Å²) < 4.78 is 28.4. The number of benzene rings is 2. The van der Waals surface area contributed by atoms with Crippen molar-refractivity contribution in [2.45, 2.75) is 13.8 Å². The monoisotopic (exact) mass is 421 g/mol. The van der Waals surface area contributed by atoms with Crippen molar-refractivity contribution in [3.63, 3.8) is 0 Å². The van der Waals surface area contributed by atoms with Gasteiger partial charge in [-0.1, -0.05) is 0 Å². The van der Waals surface area contributed by atoms with Gasteiger partial charge in [0.15, 0.2) is 0 Å². The molecule has 0 spiro atoms. The summed E-state index contributed by atoms with van der Waals surface area (Å²) >= 11 is 0. The second-order valence-corrected chi connectivity index (χ2v) is 7.07. The van der Waals surface area contributed by atoms with Crippen LogP contribution in [0.3, 0.4) is 0 Å². The Kier molecular flexibility index (Phi) is 4.98. The normalized spacial score (nSPS) is 15.5. The zero-order valence-corrected chi connectivity index (χ0v) is 16.6. The minimum atomic E-state index is -0.907. The number of aromatic nitrogens is 1. The molecule has 156 valence electrons. The SMILES string of the molecule is Cc1cc(C=C2C(=O)NC(=O)N(c3ccc(F)cc3)C2=O)c(C)n1-c1ccc(F)cc1. The van der Waals surface area contributed by atoms with Crippen molar-refractivity contribution in [1.29, 1.82) is 0 Å². The van der Waals surface area contributed by atoms with Crippen LogP contribution in [0.25, 0.3) is 11.8 Å². The van der Waals surface area contributed by atoms with Gasteiger partial charge in [-0.25, -0.2) is 18.5 Å². The summed E-state index contributed by atoms with van der Waals surface area (Å²) in [5.74, 6) is -2.51. The number of amides is 4. The first-order valence-corrected chi connectivity index (χ1v) is 9.38. The number of nitrogens with one attached hydrogen (secondary N) is 1. The van der Waals surface area contributed by atoms with E-state index in [0.29, 0.717) is 5.56 Å². The second-order valence-electron chi connectivity index (χ2n) is 7.07. The maximum absolute atomic E-state index is 13.3. The predicted molar refractivity (Wildman–Crippen MR) is 111 cm³/mol. The molecule has 0 aliphatic carbocycles. The molecular weight excluding hydrogens is 404 g/mol. The van der Waals surface area contributed by atoms with Crippen molar-refractivity contribution in [1.82, 2.24) is 9.88 Å². The van der Waals surface area contributed by atoms with Gasteiger partial charge in [0.1, 0.15) is 17.2 Å². The fourth-order valence-electron chi connectivity index (χ4n) is 3.56. The second kappa shape index (κ2) is 7.64. The fraction of sp³-hybridized carbons (Fsp3) is 0.0870. The van der Waals surface area contributed by atoms with Crippen molar-refractivity contribution in [2.24, 2.45) is 0 Å². The zero-order chi connectivity index (χ0) is 22.3. The van der Waals surface area contributed by atoms with Crippen molar-refractivity contribution < 1.29 is 23.2 Å². The van der Waals surface area contributed by atoms with E-state index in [4.69, 9.17) is 0 Å². The van der Waals surface area contributed by atoms with E-state index in [1.54, 1.807) is 25.1 Å². The first kappa shape index (κ1) is 20.2. The van der Waals surface area contributed by atoms with Gasteiger partial charge in [-0.3, -0.25) is 14.9 Å². The highest BCUT2D eigenvalue weighted by Crippen LogP contribution is 2.26. The van der Waals surface area contributed by atoms with Crippen molar-refractivity contribution in [2.75, 3.05) is 4.90 Å². The first-order chi connectivity index (χ1) is 14.8. The Morgan fingerprint density at radius 3 is 1.97 bits per heavy atom. The number of rotatable bonds is 3. The van der Waals surface area contributed by atoms with E-state index in [1.807, 2.05) is 11.5 Å². The lowest BCUT2D eigenvalue weighted by molar-refractivity contribution is -0.122. The standard InChI is InChI=1S/C23H17F2N3O3/c1-13-11-15(14(2)27(13)18-7-3-16(24)4-8-18)12-20-21(29)26-23(31)28(22(20)30)19-9-5-17(25)6-10-19/h3-12H,1-2H3,(H,26,29,31). The lowest BCUT2D eigenvalue weighted by Gasteiger charge is -2.26. The van der Waals surface area contributed by atoms with E-state index in [9.17, 15) is 23.2 Å². The van der Waals surface area contributed by atoms with Crippen LogP contribution in [0.4, 0.5) is 19.3 Å². The van der Waals surface area contributed by atoms with Gasteiger partial charge < -0.3 is 4.57 Å². The first-order valence-electron chi connectivity index (χ1n) is 9.38. The summed E-state index contributed by atoms with van der Waals surface area (Å²) in [6.07, 6.45) is 1.41. The van der Waals surface area contributed by atoms with Crippen LogP contribution in [0.15, 0.2) is 60.2 Å². The molecule has 4 rings (SSSR count). The molecule has 0 radical (unpaired) electrons. The molecule has 1 fully saturated rings. The maximum Gasteiger partial charge on any atom is 0.335 e. The van der Waals surface area contributed by atoms with E-state index in [0.717, 1.165) is 34.1 Å². The zero-order valence-electron chi connectivity index (χ0n) is 16.6. The van der Waals surface area contributed by atoms with Crippen molar-refractivity contribution in [3.8, 4) is 5.69 Å². The quantitative estimate of drug-likeness (QED) is 0.513. The molecular formula is C23H17F2N3O3. The number of barbiturate groups is 1. The summed E-state index contributed by atoms with van der Waals surface area (Å²) in [6, 6.07) is 11.6. The van der Waals surface area contributed by atoms with Gasteiger partial charge in [0.05, 0.1) is 5.69 Å². The molecule has 2 heterocycles. The molecule has 1 aromatic heterocycles. The van der Waals surface area contributed by atoms with Crippen LogP contribution in [0.2, 0.25) is 0 Å². The van der Waals surface area contributed by atoms with Gasteiger partial charge in [0.25, 0.3) is 11.8 Å². The molecule has 0 bridgehead atoms. The molecule has 1 aliphatic rings. The van der Waals surface area contributed by atoms with Crippen LogP contribution >= 0.6 is 0 Å². The van der Waals surface area contributed by atoms with Gasteiger partial charge in [-0.15, -0.1) is 0 Å². The highest BCUT2D eigenvalue weighted by Gasteiger charge is 2.37. The Hall–Kier alpha value is -4.07. The average Bonchev–Trinajstić information content (AvgIpc) is 3.00. The average molecular weight is 421 g/mol. The lowest BCUT2D eigenvalue weighted by atomic mass is 10.1. The van der Waals surface area contributed by atoms with E-state index in [1.165, 1.54) is 30.3 Å². The van der Waals surface area contributed by atoms with Crippen LogP contribution in [-0.4, -0.2) is 22.4 Å². The van der Waals surface area contributed by atoms with Gasteiger partial charge in [-0.05, 0) is 80.1 Å². The Labute approximate surface area is 176 Å². The van der Waals surface area contributed by atoms with E-state index < -0.39 is 23.7 Å². The fourth-order valence-corrected chi connectivity index (χ4v) is 3.56. The number of halogens is 2. The molecule has 2 aromatic carbocycles. The number of nitrogens with zero attached hydrogens (tertiary/aromatic N) is 2. The molecule has 4 amide bonds. The highest BCUT2D eigenvalue weighted by molar-refractivity contribution is 6.39.